The smallest absolute Gasteiger partial charge is 0.225 e. The molecule has 3 N–H and O–H groups in total. The summed E-state index contributed by atoms with van der Waals surface area (Å²) in [6.07, 6.45) is 5.82. The Morgan fingerprint density at radius 1 is 1.33 bits per heavy atom. The van der Waals surface area contributed by atoms with Crippen LogP contribution in [0.2, 0.25) is 0 Å². The normalized spacial score (nSPS) is 19.8. The first-order valence-electron chi connectivity index (χ1n) is 8.32. The van der Waals surface area contributed by atoms with Gasteiger partial charge in [0.05, 0.1) is 17.4 Å². The summed E-state index contributed by atoms with van der Waals surface area (Å²) in [5.41, 5.74) is 4.95. The van der Waals surface area contributed by atoms with E-state index in [1.807, 2.05) is 18.3 Å². The first kappa shape index (κ1) is 15.0. The molecule has 1 atom stereocenters. The maximum atomic E-state index is 12.7. The Bertz CT molecular complexity index is 805. The SMILES string of the molecule is CN1CCc2c[nH]c3c2C1C=C(NCCc1ccc(O)cc1)C3=O. The quantitative estimate of drug-likeness (QED) is 0.806. The number of allylic oxidation sites excluding steroid dienone is 1. The van der Waals surface area contributed by atoms with Gasteiger partial charge in [-0.1, -0.05) is 12.1 Å². The maximum absolute atomic E-state index is 12.7. The predicted octanol–water partition coefficient (Wildman–Crippen LogP) is 2.16. The van der Waals surface area contributed by atoms with Gasteiger partial charge >= 0.3 is 0 Å². The van der Waals surface area contributed by atoms with Crippen molar-refractivity contribution in [3.63, 3.8) is 0 Å². The summed E-state index contributed by atoms with van der Waals surface area (Å²) in [5, 5.41) is 12.6. The van der Waals surface area contributed by atoms with Crippen molar-refractivity contribution in [2.45, 2.75) is 18.9 Å². The van der Waals surface area contributed by atoms with E-state index in [1.54, 1.807) is 12.1 Å². The monoisotopic (exact) mass is 323 g/mol. The van der Waals surface area contributed by atoms with Gasteiger partial charge in [-0.05, 0) is 49.2 Å². The first-order valence-corrected chi connectivity index (χ1v) is 8.32. The van der Waals surface area contributed by atoms with Crippen molar-refractivity contribution in [1.82, 2.24) is 15.2 Å². The third kappa shape index (κ3) is 2.51. The molecule has 0 saturated heterocycles. The van der Waals surface area contributed by atoms with Gasteiger partial charge < -0.3 is 15.4 Å². The second-order valence-electron chi connectivity index (χ2n) is 6.53. The van der Waals surface area contributed by atoms with Crippen LogP contribution in [-0.4, -0.2) is 40.9 Å². The van der Waals surface area contributed by atoms with Crippen LogP contribution in [0.25, 0.3) is 0 Å². The van der Waals surface area contributed by atoms with Gasteiger partial charge in [0, 0.05) is 24.8 Å². The molecule has 2 aromatic rings. The van der Waals surface area contributed by atoms with Crippen LogP contribution in [-0.2, 0) is 12.8 Å². The van der Waals surface area contributed by atoms with Gasteiger partial charge in [-0.2, -0.15) is 0 Å². The molecule has 1 unspecified atom stereocenters. The number of H-pyrrole nitrogens is 1. The molecule has 0 saturated carbocycles. The second kappa shape index (κ2) is 5.83. The minimum atomic E-state index is 0.0495. The number of hydrogen-bond acceptors (Lipinski definition) is 4. The number of benzene rings is 1. The molecule has 1 aliphatic carbocycles. The zero-order chi connectivity index (χ0) is 16.7. The van der Waals surface area contributed by atoms with E-state index in [9.17, 15) is 9.90 Å². The van der Waals surface area contributed by atoms with E-state index in [4.69, 9.17) is 0 Å². The number of rotatable bonds is 4. The van der Waals surface area contributed by atoms with Crippen LogP contribution in [0.1, 0.15) is 33.2 Å². The lowest BCUT2D eigenvalue weighted by atomic mass is 9.88. The molecule has 0 bridgehead atoms. The third-order valence-corrected chi connectivity index (χ3v) is 4.97. The molecular formula is C19H21N3O2. The highest BCUT2D eigenvalue weighted by atomic mass is 16.3. The van der Waals surface area contributed by atoms with Crippen molar-refractivity contribution in [2.75, 3.05) is 20.1 Å². The number of nitrogens with zero attached hydrogens (tertiary/aromatic N) is 1. The van der Waals surface area contributed by atoms with Crippen LogP contribution in [0.15, 0.2) is 42.2 Å². The lowest BCUT2D eigenvalue weighted by Crippen LogP contribution is -2.36. The second-order valence-corrected chi connectivity index (χ2v) is 6.53. The van der Waals surface area contributed by atoms with Crippen molar-refractivity contribution in [3.05, 3.63) is 64.6 Å². The number of carbonyl (C=O) groups excluding carboxylic acids is 1. The highest BCUT2D eigenvalue weighted by molar-refractivity contribution is 6.09. The molecule has 1 aliphatic heterocycles. The van der Waals surface area contributed by atoms with Crippen molar-refractivity contribution < 1.29 is 9.90 Å². The molecule has 1 aromatic heterocycles. The molecule has 2 heterocycles. The predicted molar refractivity (Wildman–Crippen MR) is 92.1 cm³/mol. The van der Waals surface area contributed by atoms with Gasteiger partial charge in [-0.3, -0.25) is 9.69 Å². The lowest BCUT2D eigenvalue weighted by Gasteiger charge is -2.34. The number of likely N-dealkylation sites (N-methyl/N-ethyl adjacent to an activating group) is 1. The Balaban J connectivity index is 1.49. The number of aromatic hydroxyl groups is 1. The average molecular weight is 323 g/mol. The summed E-state index contributed by atoms with van der Waals surface area (Å²) in [4.78, 5) is 18.2. The number of carbonyl (C=O) groups is 1. The standard InChI is InChI=1S/C19H21N3O2/c1-22-9-7-13-11-21-18-17(13)16(22)10-15(19(18)24)20-8-6-12-2-4-14(23)5-3-12/h2-5,10-11,16,20-21,23H,6-9H2,1H3. The number of phenols is 1. The van der Waals surface area contributed by atoms with Gasteiger partial charge in [-0.25, -0.2) is 0 Å². The van der Waals surface area contributed by atoms with E-state index in [0.29, 0.717) is 12.2 Å². The van der Waals surface area contributed by atoms with Gasteiger partial charge in [-0.15, -0.1) is 0 Å². The van der Waals surface area contributed by atoms with E-state index >= 15 is 0 Å². The largest absolute Gasteiger partial charge is 0.508 e. The zero-order valence-electron chi connectivity index (χ0n) is 13.7. The fourth-order valence-corrected chi connectivity index (χ4v) is 3.59. The molecule has 4 rings (SSSR count). The number of hydrogen-bond donors (Lipinski definition) is 3. The number of ketones is 1. The molecule has 1 aromatic carbocycles. The van der Waals surface area contributed by atoms with Crippen LogP contribution in [0.4, 0.5) is 0 Å². The van der Waals surface area contributed by atoms with Gasteiger partial charge in [0.15, 0.2) is 0 Å². The maximum Gasteiger partial charge on any atom is 0.225 e. The lowest BCUT2D eigenvalue weighted by molar-refractivity contribution is 0.101. The topological polar surface area (TPSA) is 68.4 Å². The molecule has 0 spiro atoms. The molecule has 2 aliphatic rings. The first-order chi connectivity index (χ1) is 11.6. The number of nitrogens with one attached hydrogen (secondary N) is 2. The van der Waals surface area contributed by atoms with E-state index in [1.165, 1.54) is 5.56 Å². The van der Waals surface area contributed by atoms with Crippen LogP contribution in [0, 0.1) is 0 Å². The Morgan fingerprint density at radius 3 is 2.92 bits per heavy atom. The van der Waals surface area contributed by atoms with E-state index < -0.39 is 0 Å². The highest BCUT2D eigenvalue weighted by Crippen LogP contribution is 2.37. The van der Waals surface area contributed by atoms with Crippen molar-refractivity contribution in [1.29, 1.82) is 0 Å². The summed E-state index contributed by atoms with van der Waals surface area (Å²) in [7, 11) is 2.10. The fourth-order valence-electron chi connectivity index (χ4n) is 3.59. The minimum absolute atomic E-state index is 0.0495. The number of aromatic amines is 1. The fraction of sp³-hybridized carbons (Fsp3) is 0.316. The molecule has 124 valence electrons. The van der Waals surface area contributed by atoms with Crippen LogP contribution in [0.3, 0.4) is 0 Å². The van der Waals surface area contributed by atoms with E-state index in [2.05, 4.69) is 28.3 Å². The molecule has 0 amide bonds. The van der Waals surface area contributed by atoms with Crippen LogP contribution >= 0.6 is 0 Å². The third-order valence-electron chi connectivity index (χ3n) is 4.97. The zero-order valence-corrected chi connectivity index (χ0v) is 13.7. The Labute approximate surface area is 141 Å². The van der Waals surface area contributed by atoms with Crippen LogP contribution in [0.5, 0.6) is 5.75 Å². The molecule has 24 heavy (non-hydrogen) atoms. The minimum Gasteiger partial charge on any atom is -0.508 e. The van der Waals surface area contributed by atoms with Crippen LogP contribution < -0.4 is 5.32 Å². The Hall–Kier alpha value is -2.53. The van der Waals surface area contributed by atoms with Gasteiger partial charge in [0.1, 0.15) is 5.75 Å². The number of Topliss-reactive ketones (excluding diaryl/α,β-unsaturated/α-hetero) is 1. The molecule has 0 radical (unpaired) electrons. The van der Waals surface area contributed by atoms with Crippen molar-refractivity contribution in [3.8, 4) is 5.75 Å². The van der Waals surface area contributed by atoms with E-state index in [0.717, 1.165) is 36.2 Å². The summed E-state index contributed by atoms with van der Waals surface area (Å²) in [6, 6.07) is 7.34. The Morgan fingerprint density at radius 2 is 2.12 bits per heavy atom. The van der Waals surface area contributed by atoms with Crippen molar-refractivity contribution in [2.24, 2.45) is 0 Å². The summed E-state index contributed by atoms with van der Waals surface area (Å²) < 4.78 is 0. The average Bonchev–Trinajstić information content (AvgIpc) is 3.01. The molecule has 0 fully saturated rings. The summed E-state index contributed by atoms with van der Waals surface area (Å²) in [5.74, 6) is 0.320. The van der Waals surface area contributed by atoms with Gasteiger partial charge in [0.2, 0.25) is 5.78 Å². The molecular weight excluding hydrogens is 302 g/mol. The summed E-state index contributed by atoms with van der Waals surface area (Å²) in [6.45, 7) is 1.68. The highest BCUT2D eigenvalue weighted by Gasteiger charge is 2.35. The Kier molecular flexibility index (Phi) is 3.65. The number of aromatic nitrogens is 1. The van der Waals surface area contributed by atoms with Gasteiger partial charge in [0.25, 0.3) is 0 Å². The molecule has 5 heteroatoms. The van der Waals surface area contributed by atoms with E-state index in [-0.39, 0.29) is 17.6 Å². The summed E-state index contributed by atoms with van der Waals surface area (Å²) >= 11 is 0. The molecule has 5 nitrogen and oxygen atoms in total. The number of phenolic OH excluding ortho intramolecular Hbond substituents is 1. The van der Waals surface area contributed by atoms with Crippen molar-refractivity contribution >= 4 is 5.78 Å².